The van der Waals surface area contributed by atoms with Crippen LogP contribution in [0.3, 0.4) is 0 Å². The molecular weight excluding hydrogens is 282 g/mol. The first-order valence-corrected chi connectivity index (χ1v) is 6.11. The monoisotopic (exact) mass is 295 g/mol. The largest absolute Gasteiger partial charge is 0.492 e. The number of nitrogens with zero attached hydrogens (tertiary/aromatic N) is 2. The van der Waals surface area contributed by atoms with Crippen LogP contribution in [-0.4, -0.2) is 16.4 Å². The number of aromatic nitrogens is 2. The summed E-state index contributed by atoms with van der Waals surface area (Å²) in [7, 11) is 0. The molecule has 0 saturated carbocycles. The van der Waals surface area contributed by atoms with Gasteiger partial charge in [-0.25, -0.2) is 0 Å². The second kappa shape index (κ2) is 5.23. The van der Waals surface area contributed by atoms with Crippen LogP contribution in [0.1, 0.15) is 5.56 Å². The Labute approximate surface area is 109 Å². The highest BCUT2D eigenvalue weighted by Gasteiger charge is 1.99. The molecule has 0 amide bonds. The number of aryl methyl sites for hydroxylation is 1. The van der Waals surface area contributed by atoms with Crippen molar-refractivity contribution in [3.8, 4) is 5.75 Å². The minimum Gasteiger partial charge on any atom is -0.492 e. The Morgan fingerprint density at radius 1 is 1.47 bits per heavy atom. The number of nitrogens with two attached hydrogens (primary N) is 1. The zero-order valence-corrected chi connectivity index (χ0v) is 11.1. The predicted octanol–water partition coefficient (Wildman–Crippen LogP) is 2.62. The average molecular weight is 296 g/mol. The van der Waals surface area contributed by atoms with E-state index in [0.29, 0.717) is 18.8 Å². The Kier molecular flexibility index (Phi) is 3.68. The lowest BCUT2D eigenvalue weighted by Gasteiger charge is -2.07. The van der Waals surface area contributed by atoms with Crippen molar-refractivity contribution in [2.24, 2.45) is 0 Å². The standard InChI is InChI=1S/C12H14BrN3O/c1-9-6-11(2-3-12(9)13)17-5-4-16-8-10(14)7-15-16/h2-3,6-8H,4-5,14H2,1H3. The third-order valence-corrected chi connectivity index (χ3v) is 3.26. The maximum Gasteiger partial charge on any atom is 0.119 e. The van der Waals surface area contributed by atoms with Gasteiger partial charge in [-0.05, 0) is 30.7 Å². The van der Waals surface area contributed by atoms with Gasteiger partial charge in [-0.15, -0.1) is 0 Å². The molecule has 4 nitrogen and oxygen atoms in total. The molecule has 0 aliphatic rings. The van der Waals surface area contributed by atoms with Crippen molar-refractivity contribution in [2.75, 3.05) is 12.3 Å². The van der Waals surface area contributed by atoms with Gasteiger partial charge in [-0.3, -0.25) is 4.68 Å². The number of hydrogen-bond donors (Lipinski definition) is 1. The summed E-state index contributed by atoms with van der Waals surface area (Å²) >= 11 is 3.45. The van der Waals surface area contributed by atoms with Crippen molar-refractivity contribution in [1.29, 1.82) is 0 Å². The fraction of sp³-hybridized carbons (Fsp3) is 0.250. The molecular formula is C12H14BrN3O. The molecule has 2 rings (SSSR count). The van der Waals surface area contributed by atoms with Gasteiger partial charge in [0.2, 0.25) is 0 Å². The number of halogens is 1. The molecule has 0 spiro atoms. The van der Waals surface area contributed by atoms with Gasteiger partial charge in [-0.2, -0.15) is 5.10 Å². The topological polar surface area (TPSA) is 53.1 Å². The average Bonchev–Trinajstić information content (AvgIpc) is 2.70. The molecule has 0 saturated heterocycles. The number of hydrogen-bond acceptors (Lipinski definition) is 3. The second-order valence-electron chi connectivity index (χ2n) is 3.80. The summed E-state index contributed by atoms with van der Waals surface area (Å²) in [5, 5.41) is 4.08. The van der Waals surface area contributed by atoms with Gasteiger partial charge in [0.25, 0.3) is 0 Å². The van der Waals surface area contributed by atoms with E-state index in [-0.39, 0.29) is 0 Å². The molecule has 0 radical (unpaired) electrons. The van der Waals surface area contributed by atoms with Crippen LogP contribution >= 0.6 is 15.9 Å². The first-order valence-electron chi connectivity index (χ1n) is 5.32. The number of benzene rings is 1. The lowest BCUT2D eigenvalue weighted by molar-refractivity contribution is 0.291. The SMILES string of the molecule is Cc1cc(OCCn2cc(N)cn2)ccc1Br. The zero-order chi connectivity index (χ0) is 12.3. The first kappa shape index (κ1) is 12.0. The maximum atomic E-state index is 5.63. The number of rotatable bonds is 4. The molecule has 90 valence electrons. The summed E-state index contributed by atoms with van der Waals surface area (Å²) in [6.45, 7) is 3.29. The van der Waals surface area contributed by atoms with E-state index in [0.717, 1.165) is 15.8 Å². The van der Waals surface area contributed by atoms with E-state index in [1.54, 1.807) is 17.1 Å². The molecule has 5 heteroatoms. The van der Waals surface area contributed by atoms with Gasteiger partial charge < -0.3 is 10.5 Å². The summed E-state index contributed by atoms with van der Waals surface area (Å²) in [6, 6.07) is 5.92. The molecule has 0 atom stereocenters. The lowest BCUT2D eigenvalue weighted by Crippen LogP contribution is -2.08. The van der Waals surface area contributed by atoms with Crippen LogP contribution < -0.4 is 10.5 Å². The smallest absolute Gasteiger partial charge is 0.119 e. The fourth-order valence-electron chi connectivity index (χ4n) is 1.47. The molecule has 0 bridgehead atoms. The van der Waals surface area contributed by atoms with E-state index in [1.165, 1.54) is 0 Å². The number of nitrogen functional groups attached to an aromatic ring is 1. The second-order valence-corrected chi connectivity index (χ2v) is 4.65. The van der Waals surface area contributed by atoms with E-state index in [2.05, 4.69) is 21.0 Å². The Balaban J connectivity index is 1.87. The summed E-state index contributed by atoms with van der Waals surface area (Å²) in [4.78, 5) is 0. The first-order chi connectivity index (χ1) is 8.15. The van der Waals surface area contributed by atoms with E-state index < -0.39 is 0 Å². The van der Waals surface area contributed by atoms with Gasteiger partial charge in [0, 0.05) is 10.7 Å². The molecule has 1 aromatic heterocycles. The maximum absolute atomic E-state index is 5.63. The number of ether oxygens (including phenoxy) is 1. The van der Waals surface area contributed by atoms with E-state index in [9.17, 15) is 0 Å². The van der Waals surface area contributed by atoms with Gasteiger partial charge in [0.1, 0.15) is 12.4 Å². The van der Waals surface area contributed by atoms with Gasteiger partial charge in [0.15, 0.2) is 0 Å². The number of anilines is 1. The van der Waals surface area contributed by atoms with Crippen LogP contribution in [0, 0.1) is 6.92 Å². The van der Waals surface area contributed by atoms with Crippen LogP contribution in [0.5, 0.6) is 5.75 Å². The lowest BCUT2D eigenvalue weighted by atomic mass is 10.2. The molecule has 0 aliphatic heterocycles. The van der Waals surface area contributed by atoms with Gasteiger partial charge >= 0.3 is 0 Å². The van der Waals surface area contributed by atoms with E-state index in [4.69, 9.17) is 10.5 Å². The summed E-state index contributed by atoms with van der Waals surface area (Å²) < 4.78 is 8.49. The summed E-state index contributed by atoms with van der Waals surface area (Å²) in [6.07, 6.45) is 3.42. The van der Waals surface area contributed by atoms with Crippen molar-refractivity contribution in [3.63, 3.8) is 0 Å². The Morgan fingerprint density at radius 3 is 2.94 bits per heavy atom. The molecule has 17 heavy (non-hydrogen) atoms. The fourth-order valence-corrected chi connectivity index (χ4v) is 1.71. The van der Waals surface area contributed by atoms with Crippen LogP contribution in [-0.2, 0) is 6.54 Å². The highest BCUT2D eigenvalue weighted by molar-refractivity contribution is 9.10. The Bertz CT molecular complexity index is 510. The summed E-state index contributed by atoms with van der Waals surface area (Å²) in [5.41, 5.74) is 7.40. The van der Waals surface area contributed by atoms with Gasteiger partial charge in [-0.1, -0.05) is 15.9 Å². The molecule has 1 aromatic carbocycles. The molecule has 1 heterocycles. The molecule has 0 fully saturated rings. The molecule has 0 aliphatic carbocycles. The quantitative estimate of drug-likeness (QED) is 0.943. The van der Waals surface area contributed by atoms with E-state index in [1.807, 2.05) is 25.1 Å². The molecule has 2 N–H and O–H groups in total. The normalized spacial score (nSPS) is 10.5. The zero-order valence-electron chi connectivity index (χ0n) is 9.56. The molecule has 2 aromatic rings. The third kappa shape index (κ3) is 3.23. The molecule has 0 unspecified atom stereocenters. The van der Waals surface area contributed by atoms with Crippen molar-refractivity contribution in [3.05, 3.63) is 40.6 Å². The minimum atomic E-state index is 0.572. The van der Waals surface area contributed by atoms with Crippen molar-refractivity contribution >= 4 is 21.6 Å². The van der Waals surface area contributed by atoms with E-state index >= 15 is 0 Å². The Hall–Kier alpha value is -1.49. The van der Waals surface area contributed by atoms with Crippen molar-refractivity contribution in [2.45, 2.75) is 13.5 Å². The highest BCUT2D eigenvalue weighted by atomic mass is 79.9. The van der Waals surface area contributed by atoms with Gasteiger partial charge in [0.05, 0.1) is 18.4 Å². The van der Waals surface area contributed by atoms with Crippen LogP contribution in [0.2, 0.25) is 0 Å². The minimum absolute atomic E-state index is 0.572. The highest BCUT2D eigenvalue weighted by Crippen LogP contribution is 2.21. The third-order valence-electron chi connectivity index (χ3n) is 2.37. The Morgan fingerprint density at radius 2 is 2.29 bits per heavy atom. The van der Waals surface area contributed by atoms with Crippen LogP contribution in [0.15, 0.2) is 35.1 Å². The van der Waals surface area contributed by atoms with Crippen molar-refractivity contribution in [1.82, 2.24) is 9.78 Å². The summed E-state index contributed by atoms with van der Waals surface area (Å²) in [5.74, 6) is 0.867. The van der Waals surface area contributed by atoms with Crippen molar-refractivity contribution < 1.29 is 4.74 Å². The van der Waals surface area contributed by atoms with Crippen LogP contribution in [0.4, 0.5) is 5.69 Å². The predicted molar refractivity (Wildman–Crippen MR) is 71.0 cm³/mol. The van der Waals surface area contributed by atoms with Crippen LogP contribution in [0.25, 0.3) is 0 Å².